The smallest absolute Gasteiger partial charge is 0.340 e. The number of nitrogens with zero attached hydrogens (tertiary/aromatic N) is 3. The SMILES string of the molecule is CCOC(=O)c1ccc(N2CCC(C(=O)NS(=O)(=O)Cc3ccccc3)CC2)nc1CN1CCCC1=O. The van der Waals surface area contributed by atoms with Gasteiger partial charge in [-0.1, -0.05) is 30.3 Å². The molecule has 2 fully saturated rings. The van der Waals surface area contributed by atoms with Crippen LogP contribution < -0.4 is 9.62 Å². The van der Waals surface area contributed by atoms with Crippen LogP contribution in [0.4, 0.5) is 5.82 Å². The fraction of sp³-hybridized carbons (Fsp3) is 0.462. The number of likely N-dealkylation sites (tertiary alicyclic amines) is 1. The van der Waals surface area contributed by atoms with Gasteiger partial charge in [-0.2, -0.15) is 0 Å². The van der Waals surface area contributed by atoms with Gasteiger partial charge in [-0.15, -0.1) is 0 Å². The molecule has 0 radical (unpaired) electrons. The molecule has 2 amide bonds. The van der Waals surface area contributed by atoms with Crippen molar-refractivity contribution >= 4 is 33.6 Å². The Bertz CT molecular complexity index is 1240. The number of aromatic nitrogens is 1. The first-order valence-corrected chi connectivity index (χ1v) is 14.2. The summed E-state index contributed by atoms with van der Waals surface area (Å²) in [5, 5.41) is 0. The number of carbonyl (C=O) groups is 3. The van der Waals surface area contributed by atoms with Gasteiger partial charge >= 0.3 is 5.97 Å². The number of sulfonamides is 1. The molecule has 2 aliphatic rings. The van der Waals surface area contributed by atoms with Crippen LogP contribution in [-0.4, -0.2) is 62.3 Å². The van der Waals surface area contributed by atoms with E-state index >= 15 is 0 Å². The van der Waals surface area contributed by atoms with Gasteiger partial charge in [0.25, 0.3) is 0 Å². The molecule has 3 heterocycles. The van der Waals surface area contributed by atoms with Crippen LogP contribution in [0, 0.1) is 5.92 Å². The first-order valence-electron chi connectivity index (χ1n) is 12.5. The van der Waals surface area contributed by atoms with Gasteiger partial charge in [0.05, 0.1) is 30.2 Å². The van der Waals surface area contributed by atoms with Crippen molar-refractivity contribution in [3.8, 4) is 0 Å². The first-order chi connectivity index (χ1) is 17.8. The Hall–Kier alpha value is -3.47. The molecular weight excluding hydrogens is 496 g/mol. The minimum Gasteiger partial charge on any atom is -0.462 e. The Balaban J connectivity index is 1.40. The van der Waals surface area contributed by atoms with Crippen molar-refractivity contribution in [1.82, 2.24) is 14.6 Å². The fourth-order valence-corrected chi connectivity index (χ4v) is 5.85. The number of amides is 2. The van der Waals surface area contributed by atoms with Crippen LogP contribution in [0.5, 0.6) is 0 Å². The first kappa shape index (κ1) is 26.6. The zero-order valence-corrected chi connectivity index (χ0v) is 21.7. The van der Waals surface area contributed by atoms with Crippen molar-refractivity contribution in [2.45, 2.75) is 44.9 Å². The van der Waals surface area contributed by atoms with Crippen molar-refractivity contribution in [2.24, 2.45) is 5.92 Å². The topological polar surface area (TPSA) is 126 Å². The molecule has 2 aliphatic heterocycles. The van der Waals surface area contributed by atoms with Gasteiger partial charge in [0, 0.05) is 32.0 Å². The second kappa shape index (κ2) is 11.7. The quantitative estimate of drug-likeness (QED) is 0.491. The summed E-state index contributed by atoms with van der Waals surface area (Å²) in [6.07, 6.45) is 2.21. The van der Waals surface area contributed by atoms with E-state index in [-0.39, 0.29) is 24.8 Å². The number of benzene rings is 1. The van der Waals surface area contributed by atoms with E-state index < -0.39 is 27.8 Å². The maximum Gasteiger partial charge on any atom is 0.340 e. The summed E-state index contributed by atoms with van der Waals surface area (Å²) in [6, 6.07) is 12.1. The molecule has 2 saturated heterocycles. The van der Waals surface area contributed by atoms with Gasteiger partial charge in [-0.25, -0.2) is 18.2 Å². The highest BCUT2D eigenvalue weighted by Crippen LogP contribution is 2.25. The summed E-state index contributed by atoms with van der Waals surface area (Å²) >= 11 is 0. The van der Waals surface area contributed by atoms with Gasteiger partial charge in [0.2, 0.25) is 21.8 Å². The summed E-state index contributed by atoms with van der Waals surface area (Å²) in [4.78, 5) is 45.8. The number of rotatable bonds is 9. The summed E-state index contributed by atoms with van der Waals surface area (Å²) in [6.45, 7) is 3.84. The zero-order chi connectivity index (χ0) is 26.4. The number of carbonyl (C=O) groups excluding carboxylic acids is 3. The fourth-order valence-electron chi connectivity index (χ4n) is 4.67. The van der Waals surface area contributed by atoms with Crippen molar-refractivity contribution in [3.63, 3.8) is 0 Å². The van der Waals surface area contributed by atoms with Gasteiger partial charge < -0.3 is 14.5 Å². The molecule has 10 nitrogen and oxygen atoms in total. The van der Waals surface area contributed by atoms with Crippen LogP contribution >= 0.6 is 0 Å². The molecule has 11 heteroatoms. The maximum atomic E-state index is 12.7. The van der Waals surface area contributed by atoms with Crippen LogP contribution in [0.25, 0.3) is 0 Å². The summed E-state index contributed by atoms with van der Waals surface area (Å²) in [5.74, 6) is -0.967. The lowest BCUT2D eigenvalue weighted by Crippen LogP contribution is -2.43. The van der Waals surface area contributed by atoms with E-state index in [9.17, 15) is 22.8 Å². The molecular formula is C26H32N4O6S. The molecule has 0 saturated carbocycles. The molecule has 198 valence electrons. The summed E-state index contributed by atoms with van der Waals surface area (Å²) in [5.41, 5.74) is 1.43. The van der Waals surface area contributed by atoms with Gasteiger partial charge in [-0.3, -0.25) is 14.3 Å². The minimum atomic E-state index is -3.79. The minimum absolute atomic E-state index is 0.0380. The second-order valence-electron chi connectivity index (χ2n) is 9.28. The van der Waals surface area contributed by atoms with E-state index in [4.69, 9.17) is 9.72 Å². The second-order valence-corrected chi connectivity index (χ2v) is 11.0. The molecule has 1 aromatic carbocycles. The van der Waals surface area contributed by atoms with Crippen LogP contribution in [0.3, 0.4) is 0 Å². The number of esters is 1. The summed E-state index contributed by atoms with van der Waals surface area (Å²) in [7, 11) is -3.79. The van der Waals surface area contributed by atoms with Crippen molar-refractivity contribution in [2.75, 3.05) is 31.1 Å². The van der Waals surface area contributed by atoms with E-state index in [1.807, 2.05) is 4.90 Å². The number of nitrogens with one attached hydrogen (secondary N) is 1. The van der Waals surface area contributed by atoms with E-state index in [1.54, 1.807) is 54.3 Å². The van der Waals surface area contributed by atoms with Crippen molar-refractivity contribution < 1.29 is 27.5 Å². The number of anilines is 1. The molecule has 37 heavy (non-hydrogen) atoms. The molecule has 0 unspecified atom stereocenters. The Labute approximate surface area is 217 Å². The molecule has 4 rings (SSSR count). The molecule has 1 N–H and O–H groups in total. The monoisotopic (exact) mass is 528 g/mol. The van der Waals surface area contributed by atoms with Crippen molar-refractivity contribution in [1.29, 1.82) is 0 Å². The third kappa shape index (κ3) is 6.85. The standard InChI is InChI=1S/C26H32N4O6S/c1-2-36-26(33)21-10-11-23(27-22(21)17-30-14-6-9-24(30)31)29-15-12-20(13-16-29)25(32)28-37(34,35)18-19-7-4-3-5-8-19/h3-5,7-8,10-11,20H,2,6,9,12-18H2,1H3,(H,28,32). The predicted octanol–water partition coefficient (Wildman–Crippen LogP) is 2.24. The molecule has 0 atom stereocenters. The molecule has 0 bridgehead atoms. The normalized spacial score (nSPS) is 16.6. The third-order valence-corrected chi connectivity index (χ3v) is 7.84. The number of hydrogen-bond donors (Lipinski definition) is 1. The highest BCUT2D eigenvalue weighted by Gasteiger charge is 2.29. The highest BCUT2D eigenvalue weighted by molar-refractivity contribution is 7.89. The molecule has 2 aromatic rings. The lowest BCUT2D eigenvalue weighted by molar-refractivity contribution is -0.128. The van der Waals surface area contributed by atoms with Gasteiger partial charge in [0.1, 0.15) is 5.82 Å². The van der Waals surface area contributed by atoms with Crippen LogP contribution in [0.2, 0.25) is 0 Å². The lowest BCUT2D eigenvalue weighted by Gasteiger charge is -2.32. The van der Waals surface area contributed by atoms with Crippen LogP contribution in [0.15, 0.2) is 42.5 Å². The third-order valence-electron chi connectivity index (χ3n) is 6.61. The van der Waals surface area contributed by atoms with E-state index in [1.165, 1.54) is 0 Å². The number of hydrogen-bond acceptors (Lipinski definition) is 8. The van der Waals surface area contributed by atoms with Gasteiger partial charge in [0.15, 0.2) is 0 Å². The average Bonchev–Trinajstić information content (AvgIpc) is 3.28. The van der Waals surface area contributed by atoms with Gasteiger partial charge in [-0.05, 0) is 43.9 Å². The Kier molecular flexibility index (Phi) is 8.42. The zero-order valence-electron chi connectivity index (χ0n) is 20.9. The summed E-state index contributed by atoms with van der Waals surface area (Å²) < 4.78 is 32.3. The predicted molar refractivity (Wildman–Crippen MR) is 137 cm³/mol. The highest BCUT2D eigenvalue weighted by atomic mass is 32.2. The molecule has 0 spiro atoms. The van der Waals surface area contributed by atoms with Crippen LogP contribution in [-0.2, 0) is 36.6 Å². The molecule has 0 aliphatic carbocycles. The Morgan fingerprint density at radius 1 is 1.08 bits per heavy atom. The van der Waals surface area contributed by atoms with Crippen molar-refractivity contribution in [3.05, 3.63) is 59.3 Å². The number of pyridine rings is 1. The number of ether oxygens (including phenoxy) is 1. The van der Waals surface area contributed by atoms with Crippen LogP contribution in [0.1, 0.15) is 54.2 Å². The van der Waals surface area contributed by atoms with E-state index in [0.29, 0.717) is 61.5 Å². The lowest BCUT2D eigenvalue weighted by atomic mass is 9.96. The Morgan fingerprint density at radius 3 is 2.46 bits per heavy atom. The molecule has 1 aromatic heterocycles. The number of piperidine rings is 1. The van der Waals surface area contributed by atoms with E-state index in [0.717, 1.165) is 6.42 Å². The maximum absolute atomic E-state index is 12.7. The largest absolute Gasteiger partial charge is 0.462 e. The van der Waals surface area contributed by atoms with E-state index in [2.05, 4.69) is 4.72 Å². The Morgan fingerprint density at radius 2 is 1.81 bits per heavy atom. The average molecular weight is 529 g/mol.